The minimum absolute atomic E-state index is 0.230. The summed E-state index contributed by atoms with van der Waals surface area (Å²) in [7, 11) is 0. The van der Waals surface area contributed by atoms with Crippen LogP contribution >= 0.6 is 11.8 Å². The first-order valence-corrected chi connectivity index (χ1v) is 5.86. The third-order valence-electron chi connectivity index (χ3n) is 2.13. The molecule has 0 atom stereocenters. The highest BCUT2D eigenvalue weighted by Crippen LogP contribution is 2.23. The number of rotatable bonds is 7. The SMILES string of the molecule is CC(C)(CCCSCCO)C(N)=NO. The summed E-state index contributed by atoms with van der Waals surface area (Å²) in [5.74, 6) is 2.07. The second-order valence-corrected chi connectivity index (χ2v) is 5.03. The average molecular weight is 220 g/mol. The van der Waals surface area contributed by atoms with Gasteiger partial charge in [-0.05, 0) is 18.6 Å². The summed E-state index contributed by atoms with van der Waals surface area (Å²) in [4.78, 5) is 0. The van der Waals surface area contributed by atoms with Crippen molar-refractivity contribution in [3.05, 3.63) is 0 Å². The quantitative estimate of drug-likeness (QED) is 0.198. The molecule has 0 saturated carbocycles. The summed E-state index contributed by atoms with van der Waals surface area (Å²) < 4.78 is 0. The smallest absolute Gasteiger partial charge is 0.144 e. The van der Waals surface area contributed by atoms with E-state index in [-0.39, 0.29) is 17.9 Å². The van der Waals surface area contributed by atoms with Crippen LogP contribution in [0.25, 0.3) is 0 Å². The van der Waals surface area contributed by atoms with Crippen LogP contribution in [0.1, 0.15) is 26.7 Å². The van der Waals surface area contributed by atoms with E-state index in [0.717, 1.165) is 24.3 Å². The van der Waals surface area contributed by atoms with Gasteiger partial charge in [-0.2, -0.15) is 11.8 Å². The van der Waals surface area contributed by atoms with Crippen molar-refractivity contribution in [2.24, 2.45) is 16.3 Å². The van der Waals surface area contributed by atoms with Gasteiger partial charge < -0.3 is 16.0 Å². The Morgan fingerprint density at radius 1 is 1.43 bits per heavy atom. The summed E-state index contributed by atoms with van der Waals surface area (Å²) in [5.41, 5.74) is 5.30. The second-order valence-electron chi connectivity index (χ2n) is 3.81. The highest BCUT2D eigenvalue weighted by Gasteiger charge is 2.22. The van der Waals surface area contributed by atoms with E-state index >= 15 is 0 Å². The minimum atomic E-state index is -0.242. The van der Waals surface area contributed by atoms with Gasteiger partial charge in [0.2, 0.25) is 0 Å². The highest BCUT2D eigenvalue weighted by atomic mass is 32.2. The van der Waals surface area contributed by atoms with E-state index < -0.39 is 0 Å². The molecule has 0 aromatic heterocycles. The maximum absolute atomic E-state index is 8.56. The van der Waals surface area contributed by atoms with Crippen molar-refractivity contribution < 1.29 is 10.3 Å². The van der Waals surface area contributed by atoms with E-state index in [9.17, 15) is 0 Å². The Bertz CT molecular complexity index is 184. The molecule has 0 aromatic rings. The van der Waals surface area contributed by atoms with Gasteiger partial charge in [0.05, 0.1) is 6.61 Å². The van der Waals surface area contributed by atoms with Crippen LogP contribution in [-0.4, -0.2) is 34.3 Å². The summed E-state index contributed by atoms with van der Waals surface area (Å²) in [6, 6.07) is 0. The average Bonchev–Trinajstić information content (AvgIpc) is 2.16. The molecule has 0 fully saturated rings. The fraction of sp³-hybridized carbons (Fsp3) is 0.889. The van der Waals surface area contributed by atoms with Crippen LogP contribution in [0.2, 0.25) is 0 Å². The molecule has 0 aromatic carbocycles. The molecule has 5 heteroatoms. The number of aliphatic hydroxyl groups excluding tert-OH is 1. The lowest BCUT2D eigenvalue weighted by atomic mass is 9.87. The molecular formula is C9H20N2O2S. The van der Waals surface area contributed by atoms with Gasteiger partial charge in [0.15, 0.2) is 0 Å². The van der Waals surface area contributed by atoms with Crippen LogP contribution in [0.3, 0.4) is 0 Å². The van der Waals surface area contributed by atoms with Crippen LogP contribution in [0, 0.1) is 5.41 Å². The van der Waals surface area contributed by atoms with Crippen molar-refractivity contribution in [1.82, 2.24) is 0 Å². The molecule has 0 saturated heterocycles. The molecule has 0 heterocycles. The maximum Gasteiger partial charge on any atom is 0.144 e. The fourth-order valence-electron chi connectivity index (χ4n) is 1.05. The first-order valence-electron chi connectivity index (χ1n) is 4.71. The molecule has 4 N–H and O–H groups in total. The van der Waals surface area contributed by atoms with E-state index in [1.807, 2.05) is 13.8 Å². The zero-order valence-corrected chi connectivity index (χ0v) is 9.68. The van der Waals surface area contributed by atoms with E-state index in [4.69, 9.17) is 16.0 Å². The van der Waals surface area contributed by atoms with Crippen molar-refractivity contribution in [3.63, 3.8) is 0 Å². The van der Waals surface area contributed by atoms with Gasteiger partial charge in [0.25, 0.3) is 0 Å². The minimum Gasteiger partial charge on any atom is -0.409 e. The molecule has 0 amide bonds. The van der Waals surface area contributed by atoms with Crippen LogP contribution in [-0.2, 0) is 0 Å². The molecule has 14 heavy (non-hydrogen) atoms. The summed E-state index contributed by atoms with van der Waals surface area (Å²) >= 11 is 1.72. The van der Waals surface area contributed by atoms with Crippen LogP contribution in [0.5, 0.6) is 0 Å². The normalized spacial score (nSPS) is 13.2. The third-order valence-corrected chi connectivity index (χ3v) is 3.18. The van der Waals surface area contributed by atoms with Gasteiger partial charge in [-0.15, -0.1) is 0 Å². The molecule has 0 aliphatic carbocycles. The van der Waals surface area contributed by atoms with Crippen molar-refractivity contribution >= 4 is 17.6 Å². The summed E-state index contributed by atoms with van der Waals surface area (Å²) in [5, 5.41) is 20.1. The fourth-order valence-corrected chi connectivity index (χ4v) is 1.73. The number of hydrogen-bond donors (Lipinski definition) is 3. The summed E-state index contributed by atoms with van der Waals surface area (Å²) in [6.45, 7) is 4.14. The standard InChI is InChI=1S/C9H20N2O2S/c1-9(2,8(10)11-13)4-3-6-14-7-5-12/h12-13H,3-7H2,1-2H3,(H2,10,11). The van der Waals surface area contributed by atoms with Gasteiger partial charge in [-0.25, -0.2) is 0 Å². The largest absolute Gasteiger partial charge is 0.409 e. The molecule has 0 radical (unpaired) electrons. The van der Waals surface area contributed by atoms with E-state index in [0.29, 0.717) is 0 Å². The Hall–Kier alpha value is -0.420. The maximum atomic E-state index is 8.56. The molecule has 0 aliphatic heterocycles. The van der Waals surface area contributed by atoms with Crippen LogP contribution in [0.15, 0.2) is 5.16 Å². The number of hydrogen-bond acceptors (Lipinski definition) is 4. The Labute approximate surface area is 89.6 Å². The topological polar surface area (TPSA) is 78.8 Å². The van der Waals surface area contributed by atoms with Gasteiger partial charge in [0, 0.05) is 11.2 Å². The predicted molar refractivity (Wildman–Crippen MR) is 60.8 cm³/mol. The van der Waals surface area contributed by atoms with E-state index in [1.54, 1.807) is 11.8 Å². The monoisotopic (exact) mass is 220 g/mol. The molecule has 0 bridgehead atoms. The van der Waals surface area contributed by atoms with Gasteiger partial charge >= 0.3 is 0 Å². The first-order chi connectivity index (χ1) is 6.54. The third kappa shape index (κ3) is 5.34. The second kappa shape index (κ2) is 6.95. The number of aliphatic hydroxyl groups is 1. The predicted octanol–water partition coefficient (Wildman–Crippen LogP) is 1.26. The number of amidine groups is 1. The molecule has 84 valence electrons. The van der Waals surface area contributed by atoms with Crippen molar-refractivity contribution in [2.45, 2.75) is 26.7 Å². The molecule has 0 rings (SSSR count). The Morgan fingerprint density at radius 3 is 2.57 bits per heavy atom. The molecular weight excluding hydrogens is 200 g/mol. The van der Waals surface area contributed by atoms with Crippen LogP contribution < -0.4 is 5.73 Å². The van der Waals surface area contributed by atoms with Gasteiger partial charge in [-0.1, -0.05) is 19.0 Å². The number of nitrogens with zero attached hydrogens (tertiary/aromatic N) is 1. The van der Waals surface area contributed by atoms with Crippen molar-refractivity contribution in [2.75, 3.05) is 18.1 Å². The number of nitrogens with two attached hydrogens (primary N) is 1. The Morgan fingerprint density at radius 2 is 2.07 bits per heavy atom. The number of oxime groups is 1. The highest BCUT2D eigenvalue weighted by molar-refractivity contribution is 7.99. The first kappa shape index (κ1) is 13.6. The Kier molecular flexibility index (Phi) is 6.74. The molecule has 4 nitrogen and oxygen atoms in total. The lowest BCUT2D eigenvalue weighted by molar-refractivity contribution is 0.305. The zero-order valence-electron chi connectivity index (χ0n) is 8.86. The van der Waals surface area contributed by atoms with Crippen LogP contribution in [0.4, 0.5) is 0 Å². The van der Waals surface area contributed by atoms with E-state index in [1.165, 1.54) is 0 Å². The molecule has 0 spiro atoms. The molecule has 0 unspecified atom stereocenters. The number of thioether (sulfide) groups is 1. The van der Waals surface area contributed by atoms with E-state index in [2.05, 4.69) is 5.16 Å². The molecule has 0 aliphatic rings. The van der Waals surface area contributed by atoms with Gasteiger partial charge in [0.1, 0.15) is 5.84 Å². The van der Waals surface area contributed by atoms with Crippen molar-refractivity contribution in [3.8, 4) is 0 Å². The van der Waals surface area contributed by atoms with Gasteiger partial charge in [-0.3, -0.25) is 0 Å². The Balaban J connectivity index is 3.66. The zero-order chi connectivity index (χ0) is 11.0. The van der Waals surface area contributed by atoms with Crippen molar-refractivity contribution in [1.29, 1.82) is 0 Å². The summed E-state index contributed by atoms with van der Waals surface area (Å²) in [6.07, 6.45) is 1.90. The lowest BCUT2D eigenvalue weighted by Gasteiger charge is -2.22. The lowest BCUT2D eigenvalue weighted by Crippen LogP contribution is -2.31.